The smallest absolute Gasteiger partial charge is 0.276 e. The zero-order valence-electron chi connectivity index (χ0n) is 11.4. The van der Waals surface area contributed by atoms with E-state index >= 15 is 0 Å². The number of aromatic nitrogens is 1. The summed E-state index contributed by atoms with van der Waals surface area (Å²) in [6.45, 7) is 3.33. The SMILES string of the molecule is CCCNc1cc([N+](=O)[O-])cc(NCc2cc(Br)cs2)n1. The van der Waals surface area contributed by atoms with E-state index in [2.05, 4.69) is 31.5 Å². The molecule has 2 heterocycles. The first-order valence-electron chi connectivity index (χ1n) is 6.45. The Bertz CT molecular complexity index is 632. The summed E-state index contributed by atoms with van der Waals surface area (Å²) in [5.74, 6) is 1.01. The Morgan fingerprint density at radius 1 is 1.33 bits per heavy atom. The fourth-order valence-electron chi connectivity index (χ4n) is 1.68. The number of nitrogens with zero attached hydrogens (tertiary/aromatic N) is 2. The first-order chi connectivity index (χ1) is 10.1. The molecule has 0 radical (unpaired) electrons. The fourth-order valence-corrected chi connectivity index (χ4v) is 3.07. The topological polar surface area (TPSA) is 80.1 Å². The number of rotatable bonds is 7. The van der Waals surface area contributed by atoms with Gasteiger partial charge in [0.15, 0.2) is 0 Å². The summed E-state index contributed by atoms with van der Waals surface area (Å²) in [6.07, 6.45) is 0.927. The van der Waals surface area contributed by atoms with Gasteiger partial charge < -0.3 is 10.6 Å². The predicted octanol–water partition coefficient (Wildman–Crippen LogP) is 4.25. The van der Waals surface area contributed by atoms with E-state index in [4.69, 9.17) is 0 Å². The van der Waals surface area contributed by atoms with E-state index in [-0.39, 0.29) is 5.69 Å². The summed E-state index contributed by atoms with van der Waals surface area (Å²) in [4.78, 5) is 16.0. The normalized spacial score (nSPS) is 10.4. The van der Waals surface area contributed by atoms with E-state index < -0.39 is 4.92 Å². The molecule has 0 aliphatic carbocycles. The van der Waals surface area contributed by atoms with Crippen LogP contribution in [0.25, 0.3) is 0 Å². The molecule has 0 fully saturated rings. The summed E-state index contributed by atoms with van der Waals surface area (Å²) in [5, 5.41) is 19.2. The highest BCUT2D eigenvalue weighted by Gasteiger charge is 2.11. The average molecular weight is 371 g/mol. The van der Waals surface area contributed by atoms with Crippen molar-refractivity contribution in [1.82, 2.24) is 4.98 Å². The minimum absolute atomic E-state index is 0.0264. The molecule has 112 valence electrons. The van der Waals surface area contributed by atoms with Crippen molar-refractivity contribution in [3.05, 3.63) is 43.0 Å². The Kier molecular flexibility index (Phi) is 5.51. The summed E-state index contributed by atoms with van der Waals surface area (Å²) in [7, 11) is 0. The van der Waals surface area contributed by atoms with E-state index in [0.717, 1.165) is 22.3 Å². The molecule has 0 aliphatic rings. The lowest BCUT2D eigenvalue weighted by Gasteiger charge is -2.08. The number of thiophene rings is 1. The van der Waals surface area contributed by atoms with Crippen LogP contribution >= 0.6 is 27.3 Å². The molecule has 0 saturated carbocycles. The third kappa shape index (κ3) is 4.68. The number of nitrogens with one attached hydrogen (secondary N) is 2. The molecule has 6 nitrogen and oxygen atoms in total. The quantitative estimate of drug-likeness (QED) is 0.562. The lowest BCUT2D eigenvalue weighted by Crippen LogP contribution is -2.06. The number of anilines is 2. The molecule has 0 aliphatic heterocycles. The Morgan fingerprint density at radius 2 is 2.05 bits per heavy atom. The molecular formula is C13H15BrN4O2S. The van der Waals surface area contributed by atoms with Gasteiger partial charge in [0.05, 0.1) is 23.6 Å². The maximum Gasteiger partial charge on any atom is 0.276 e. The molecule has 0 bridgehead atoms. The monoisotopic (exact) mass is 370 g/mol. The first kappa shape index (κ1) is 15.7. The lowest BCUT2D eigenvalue weighted by atomic mass is 10.3. The lowest BCUT2D eigenvalue weighted by molar-refractivity contribution is -0.384. The van der Waals surface area contributed by atoms with Crippen molar-refractivity contribution in [2.45, 2.75) is 19.9 Å². The van der Waals surface area contributed by atoms with Gasteiger partial charge in [-0.1, -0.05) is 6.92 Å². The van der Waals surface area contributed by atoms with Crippen molar-refractivity contribution in [2.75, 3.05) is 17.2 Å². The Labute approximate surface area is 134 Å². The number of pyridine rings is 1. The third-order valence-corrected chi connectivity index (χ3v) is 4.34. The number of halogens is 1. The molecule has 0 unspecified atom stereocenters. The maximum atomic E-state index is 11.0. The predicted molar refractivity (Wildman–Crippen MR) is 89.0 cm³/mol. The standard InChI is InChI=1S/C13H15BrN4O2S/c1-2-3-15-12-5-10(18(19)20)6-13(17-12)16-7-11-4-9(14)8-21-11/h4-6,8H,2-3,7H2,1H3,(H2,15,16,17). The van der Waals surface area contributed by atoms with Crippen molar-refractivity contribution < 1.29 is 4.92 Å². The van der Waals surface area contributed by atoms with E-state index in [1.807, 2.05) is 18.4 Å². The van der Waals surface area contributed by atoms with Gasteiger partial charge in [-0.2, -0.15) is 0 Å². The number of nitro groups is 1. The molecule has 2 N–H and O–H groups in total. The van der Waals surface area contributed by atoms with E-state index in [0.29, 0.717) is 18.2 Å². The molecule has 2 rings (SSSR count). The molecule has 0 aromatic carbocycles. The number of hydrogen-bond donors (Lipinski definition) is 2. The molecule has 0 saturated heterocycles. The Balaban J connectivity index is 2.12. The molecule has 21 heavy (non-hydrogen) atoms. The molecule has 0 atom stereocenters. The molecule has 8 heteroatoms. The molecule has 0 spiro atoms. The van der Waals surface area contributed by atoms with Gasteiger partial charge in [0.25, 0.3) is 5.69 Å². The average Bonchev–Trinajstić information content (AvgIpc) is 2.88. The van der Waals surface area contributed by atoms with E-state index in [9.17, 15) is 10.1 Å². The second kappa shape index (κ2) is 7.37. The minimum Gasteiger partial charge on any atom is -0.370 e. The zero-order valence-corrected chi connectivity index (χ0v) is 13.8. The van der Waals surface area contributed by atoms with Gasteiger partial charge >= 0.3 is 0 Å². The van der Waals surface area contributed by atoms with Gasteiger partial charge in [0, 0.05) is 21.3 Å². The first-order valence-corrected chi connectivity index (χ1v) is 8.13. The van der Waals surface area contributed by atoms with Crippen molar-refractivity contribution in [2.24, 2.45) is 0 Å². The molecule has 2 aromatic heterocycles. The van der Waals surface area contributed by atoms with E-state index in [1.54, 1.807) is 11.3 Å². The van der Waals surface area contributed by atoms with E-state index in [1.165, 1.54) is 12.1 Å². The van der Waals surface area contributed by atoms with Crippen LogP contribution in [0.3, 0.4) is 0 Å². The summed E-state index contributed by atoms with van der Waals surface area (Å²) in [6, 6.07) is 4.90. The highest BCUT2D eigenvalue weighted by molar-refractivity contribution is 9.10. The van der Waals surface area contributed by atoms with Crippen LogP contribution in [-0.4, -0.2) is 16.5 Å². The summed E-state index contributed by atoms with van der Waals surface area (Å²) in [5.41, 5.74) is 0.0264. The second-order valence-corrected chi connectivity index (χ2v) is 6.28. The minimum atomic E-state index is -0.411. The van der Waals surface area contributed by atoms with Gasteiger partial charge in [-0.05, 0) is 28.4 Å². The second-order valence-electron chi connectivity index (χ2n) is 4.36. The van der Waals surface area contributed by atoms with Crippen molar-refractivity contribution in [3.63, 3.8) is 0 Å². The van der Waals surface area contributed by atoms with Crippen LogP contribution in [-0.2, 0) is 6.54 Å². The summed E-state index contributed by atoms with van der Waals surface area (Å²) >= 11 is 5.01. The van der Waals surface area contributed by atoms with Crippen molar-refractivity contribution in [1.29, 1.82) is 0 Å². The highest BCUT2D eigenvalue weighted by Crippen LogP contribution is 2.23. The highest BCUT2D eigenvalue weighted by atomic mass is 79.9. The molecule has 0 amide bonds. The molecular weight excluding hydrogens is 356 g/mol. The van der Waals surface area contributed by atoms with Gasteiger partial charge in [-0.15, -0.1) is 11.3 Å². The van der Waals surface area contributed by atoms with Crippen molar-refractivity contribution >= 4 is 44.6 Å². The maximum absolute atomic E-state index is 11.0. The van der Waals surface area contributed by atoms with Gasteiger partial charge in [0.2, 0.25) is 0 Å². The van der Waals surface area contributed by atoms with Crippen LogP contribution in [0.2, 0.25) is 0 Å². The summed E-state index contributed by atoms with van der Waals surface area (Å²) < 4.78 is 1.03. The van der Waals surface area contributed by atoms with Crippen LogP contribution in [0, 0.1) is 10.1 Å². The van der Waals surface area contributed by atoms with Crippen LogP contribution in [0.15, 0.2) is 28.1 Å². The van der Waals surface area contributed by atoms with Crippen molar-refractivity contribution in [3.8, 4) is 0 Å². The largest absolute Gasteiger partial charge is 0.370 e. The molecule has 2 aromatic rings. The van der Waals surface area contributed by atoms with Gasteiger partial charge in [-0.3, -0.25) is 10.1 Å². The number of hydrogen-bond acceptors (Lipinski definition) is 6. The van der Waals surface area contributed by atoms with Crippen LogP contribution in [0.5, 0.6) is 0 Å². The Hall–Kier alpha value is -1.67. The fraction of sp³-hybridized carbons (Fsp3) is 0.308. The third-order valence-electron chi connectivity index (χ3n) is 2.64. The van der Waals surface area contributed by atoms with Gasteiger partial charge in [0.1, 0.15) is 11.6 Å². The van der Waals surface area contributed by atoms with Gasteiger partial charge in [-0.25, -0.2) is 4.98 Å². The van der Waals surface area contributed by atoms with Crippen LogP contribution in [0.4, 0.5) is 17.3 Å². The van der Waals surface area contributed by atoms with Crippen LogP contribution < -0.4 is 10.6 Å². The zero-order chi connectivity index (χ0) is 15.2. The Morgan fingerprint density at radius 3 is 2.62 bits per heavy atom. The van der Waals surface area contributed by atoms with Crippen LogP contribution in [0.1, 0.15) is 18.2 Å².